The molecule has 0 saturated carbocycles. The number of hydrogen-bond donors (Lipinski definition) is 2. The SMILES string of the molecule is CNC(C)CNC(=O)c1cnn(-c2cccc(C)c2)c1C(F)(F)F. The zero-order valence-electron chi connectivity index (χ0n) is 13.6. The highest BCUT2D eigenvalue weighted by molar-refractivity contribution is 5.95. The Hall–Kier alpha value is -2.35. The molecule has 1 heterocycles. The molecular formula is C16H19F3N4O. The normalized spacial score (nSPS) is 12.9. The fraction of sp³-hybridized carbons (Fsp3) is 0.375. The Kier molecular flexibility index (Phi) is 5.28. The van der Waals surface area contributed by atoms with Crippen molar-refractivity contribution in [2.45, 2.75) is 26.1 Å². The topological polar surface area (TPSA) is 58.9 Å². The van der Waals surface area contributed by atoms with Crippen LogP contribution in [0.15, 0.2) is 30.5 Å². The van der Waals surface area contributed by atoms with Crippen molar-refractivity contribution < 1.29 is 18.0 Å². The lowest BCUT2D eigenvalue weighted by Gasteiger charge is -2.14. The number of likely N-dealkylation sites (N-methyl/N-ethyl adjacent to an activating group) is 1. The van der Waals surface area contributed by atoms with Crippen LogP contribution in [0.5, 0.6) is 0 Å². The fourth-order valence-corrected chi connectivity index (χ4v) is 2.19. The molecule has 1 unspecified atom stereocenters. The van der Waals surface area contributed by atoms with Gasteiger partial charge in [-0.3, -0.25) is 4.79 Å². The highest BCUT2D eigenvalue weighted by Crippen LogP contribution is 2.33. The molecule has 1 aromatic heterocycles. The number of alkyl halides is 3. The van der Waals surface area contributed by atoms with E-state index in [0.717, 1.165) is 16.4 Å². The number of aromatic nitrogens is 2. The van der Waals surface area contributed by atoms with Gasteiger partial charge in [0.25, 0.3) is 5.91 Å². The van der Waals surface area contributed by atoms with E-state index in [1.165, 1.54) is 6.07 Å². The predicted molar refractivity (Wildman–Crippen MR) is 84.2 cm³/mol. The molecule has 1 atom stereocenters. The molecule has 5 nitrogen and oxygen atoms in total. The molecule has 0 aliphatic heterocycles. The Morgan fingerprint density at radius 2 is 2.08 bits per heavy atom. The van der Waals surface area contributed by atoms with Crippen LogP contribution < -0.4 is 10.6 Å². The summed E-state index contributed by atoms with van der Waals surface area (Å²) in [5.41, 5.74) is -0.523. The first-order valence-corrected chi connectivity index (χ1v) is 7.41. The number of amides is 1. The Labute approximate surface area is 137 Å². The van der Waals surface area contributed by atoms with E-state index in [0.29, 0.717) is 0 Å². The lowest BCUT2D eigenvalue weighted by Crippen LogP contribution is -2.37. The predicted octanol–water partition coefficient (Wildman–Crippen LogP) is 2.54. The van der Waals surface area contributed by atoms with Crippen molar-refractivity contribution in [1.29, 1.82) is 0 Å². The van der Waals surface area contributed by atoms with Crippen molar-refractivity contribution in [3.05, 3.63) is 47.3 Å². The van der Waals surface area contributed by atoms with Crippen molar-refractivity contribution >= 4 is 5.91 Å². The van der Waals surface area contributed by atoms with Crippen molar-refractivity contribution in [2.75, 3.05) is 13.6 Å². The van der Waals surface area contributed by atoms with Gasteiger partial charge in [0.05, 0.1) is 17.4 Å². The zero-order chi connectivity index (χ0) is 17.9. The second-order valence-electron chi connectivity index (χ2n) is 5.56. The molecular weight excluding hydrogens is 321 g/mol. The number of rotatable bonds is 5. The van der Waals surface area contributed by atoms with Crippen LogP contribution >= 0.6 is 0 Å². The monoisotopic (exact) mass is 340 g/mol. The quantitative estimate of drug-likeness (QED) is 0.879. The lowest BCUT2D eigenvalue weighted by molar-refractivity contribution is -0.143. The van der Waals surface area contributed by atoms with Crippen LogP contribution in [0.25, 0.3) is 5.69 Å². The first-order valence-electron chi connectivity index (χ1n) is 7.41. The minimum atomic E-state index is -4.71. The highest BCUT2D eigenvalue weighted by atomic mass is 19.4. The standard InChI is InChI=1S/C16H19F3N4O/c1-10-5-4-6-12(7-10)23-14(16(17,18)19)13(9-22-23)15(24)21-8-11(2)20-3/h4-7,9,11,20H,8H2,1-3H3,(H,21,24). The second kappa shape index (κ2) is 7.04. The van der Waals surface area contributed by atoms with Gasteiger partial charge in [-0.15, -0.1) is 0 Å². The zero-order valence-corrected chi connectivity index (χ0v) is 13.6. The van der Waals surface area contributed by atoms with Gasteiger partial charge in [0.2, 0.25) is 0 Å². The molecule has 0 radical (unpaired) electrons. The average Bonchev–Trinajstić information content (AvgIpc) is 2.97. The number of benzene rings is 1. The first kappa shape index (κ1) is 18.0. The van der Waals surface area contributed by atoms with Crippen molar-refractivity contribution in [3.8, 4) is 5.69 Å². The van der Waals surface area contributed by atoms with Crippen LogP contribution in [0, 0.1) is 6.92 Å². The molecule has 24 heavy (non-hydrogen) atoms. The number of carbonyl (C=O) groups excluding carboxylic acids is 1. The summed E-state index contributed by atoms with van der Waals surface area (Å²) >= 11 is 0. The van der Waals surface area contributed by atoms with E-state index in [1.54, 1.807) is 39.1 Å². The van der Waals surface area contributed by atoms with Crippen LogP contribution in [0.3, 0.4) is 0 Å². The van der Waals surface area contributed by atoms with Gasteiger partial charge in [-0.1, -0.05) is 12.1 Å². The van der Waals surface area contributed by atoms with Crippen LogP contribution in [0.2, 0.25) is 0 Å². The first-order chi connectivity index (χ1) is 11.2. The van der Waals surface area contributed by atoms with E-state index in [-0.39, 0.29) is 18.3 Å². The minimum absolute atomic E-state index is 0.0601. The summed E-state index contributed by atoms with van der Waals surface area (Å²) in [5.74, 6) is -0.802. The van der Waals surface area contributed by atoms with Gasteiger partial charge in [-0.2, -0.15) is 18.3 Å². The van der Waals surface area contributed by atoms with Gasteiger partial charge < -0.3 is 10.6 Å². The molecule has 2 rings (SSSR count). The van der Waals surface area contributed by atoms with Crippen LogP contribution in [0.4, 0.5) is 13.2 Å². The third-order valence-electron chi connectivity index (χ3n) is 3.59. The molecule has 2 N–H and O–H groups in total. The number of aryl methyl sites for hydroxylation is 1. The largest absolute Gasteiger partial charge is 0.434 e. The lowest BCUT2D eigenvalue weighted by atomic mass is 10.2. The summed E-state index contributed by atoms with van der Waals surface area (Å²) in [7, 11) is 1.70. The average molecular weight is 340 g/mol. The van der Waals surface area contributed by atoms with Crippen molar-refractivity contribution in [3.63, 3.8) is 0 Å². The fourth-order valence-electron chi connectivity index (χ4n) is 2.19. The molecule has 1 aromatic carbocycles. The van der Waals surface area contributed by atoms with Gasteiger partial charge in [0.15, 0.2) is 5.69 Å². The number of hydrogen-bond acceptors (Lipinski definition) is 3. The maximum atomic E-state index is 13.5. The van der Waals surface area contributed by atoms with Gasteiger partial charge >= 0.3 is 6.18 Å². The van der Waals surface area contributed by atoms with Gasteiger partial charge in [0, 0.05) is 12.6 Å². The molecule has 1 amide bonds. The van der Waals surface area contributed by atoms with Gasteiger partial charge in [-0.25, -0.2) is 4.68 Å². The number of nitrogens with zero attached hydrogens (tertiary/aromatic N) is 2. The minimum Gasteiger partial charge on any atom is -0.350 e. The molecule has 2 aromatic rings. The molecule has 130 valence electrons. The second-order valence-corrected chi connectivity index (χ2v) is 5.56. The summed E-state index contributed by atoms with van der Waals surface area (Å²) in [6.45, 7) is 3.79. The number of carbonyl (C=O) groups is 1. The Morgan fingerprint density at radius 1 is 1.38 bits per heavy atom. The molecule has 8 heteroatoms. The van der Waals surface area contributed by atoms with Crippen LogP contribution in [0.1, 0.15) is 28.5 Å². The molecule has 0 fully saturated rings. The van der Waals surface area contributed by atoms with Crippen molar-refractivity contribution in [2.24, 2.45) is 0 Å². The van der Waals surface area contributed by atoms with E-state index >= 15 is 0 Å². The molecule has 0 aliphatic rings. The van der Waals surface area contributed by atoms with E-state index < -0.39 is 23.3 Å². The van der Waals surface area contributed by atoms with E-state index in [9.17, 15) is 18.0 Å². The summed E-state index contributed by atoms with van der Waals surface area (Å²) in [6.07, 6.45) is -3.76. The summed E-state index contributed by atoms with van der Waals surface area (Å²) in [6, 6.07) is 6.44. The maximum absolute atomic E-state index is 13.5. The molecule has 0 aliphatic carbocycles. The van der Waals surface area contributed by atoms with Crippen LogP contribution in [-0.4, -0.2) is 35.3 Å². The van der Waals surface area contributed by atoms with Gasteiger partial charge in [0.1, 0.15) is 0 Å². The third-order valence-corrected chi connectivity index (χ3v) is 3.59. The maximum Gasteiger partial charge on any atom is 0.434 e. The smallest absolute Gasteiger partial charge is 0.350 e. The molecule has 0 spiro atoms. The molecule has 0 saturated heterocycles. The Balaban J connectivity index is 2.42. The summed E-state index contributed by atoms with van der Waals surface area (Å²) in [4.78, 5) is 12.2. The van der Waals surface area contributed by atoms with E-state index in [1.807, 2.05) is 0 Å². The van der Waals surface area contributed by atoms with E-state index in [2.05, 4.69) is 15.7 Å². The third kappa shape index (κ3) is 3.94. The van der Waals surface area contributed by atoms with E-state index in [4.69, 9.17) is 0 Å². The van der Waals surface area contributed by atoms with Crippen LogP contribution in [-0.2, 0) is 6.18 Å². The van der Waals surface area contributed by atoms with Gasteiger partial charge in [-0.05, 0) is 38.6 Å². The van der Waals surface area contributed by atoms with Crippen molar-refractivity contribution in [1.82, 2.24) is 20.4 Å². The summed E-state index contributed by atoms with van der Waals surface area (Å²) < 4.78 is 41.3. The molecule has 0 bridgehead atoms. The number of halogens is 3. The Bertz CT molecular complexity index is 724. The summed E-state index contributed by atoms with van der Waals surface area (Å²) in [5, 5.41) is 9.16. The highest BCUT2D eigenvalue weighted by Gasteiger charge is 2.40. The Morgan fingerprint density at radius 3 is 2.67 bits per heavy atom. The number of nitrogens with one attached hydrogen (secondary N) is 2.